The van der Waals surface area contributed by atoms with E-state index in [0.717, 1.165) is 19.6 Å². The average molecular weight is 228 g/mol. The van der Waals surface area contributed by atoms with Crippen LogP contribution in [-0.2, 0) is 6.54 Å². The molecule has 1 aliphatic heterocycles. The second-order valence-corrected chi connectivity index (χ2v) is 5.24. The lowest BCUT2D eigenvalue weighted by molar-refractivity contribution is 0.312. The first-order chi connectivity index (χ1) is 8.32. The molecule has 2 aliphatic rings. The molecule has 0 aromatic heterocycles. The Balaban J connectivity index is 1.69. The van der Waals surface area contributed by atoms with E-state index < -0.39 is 0 Å². The zero-order valence-electron chi connectivity index (χ0n) is 9.79. The molecule has 1 heterocycles. The van der Waals surface area contributed by atoms with Crippen LogP contribution in [0.3, 0.4) is 0 Å². The van der Waals surface area contributed by atoms with E-state index in [-0.39, 0.29) is 6.04 Å². The first-order valence-corrected chi connectivity index (χ1v) is 6.13. The fourth-order valence-corrected chi connectivity index (χ4v) is 2.89. The van der Waals surface area contributed by atoms with Gasteiger partial charge in [-0.25, -0.2) is 0 Å². The Kier molecular flexibility index (Phi) is 2.54. The third-order valence-electron chi connectivity index (χ3n) is 4.01. The van der Waals surface area contributed by atoms with Crippen molar-refractivity contribution in [2.24, 2.45) is 10.5 Å². The van der Waals surface area contributed by atoms with Crippen molar-refractivity contribution in [3.8, 4) is 0 Å². The monoisotopic (exact) mass is 228 g/mol. The summed E-state index contributed by atoms with van der Waals surface area (Å²) >= 11 is 0. The Hall–Kier alpha value is -1.51. The molecule has 2 fully saturated rings. The van der Waals surface area contributed by atoms with Gasteiger partial charge in [-0.3, -0.25) is 4.90 Å². The second-order valence-electron chi connectivity index (χ2n) is 5.24. The number of nitrogens with zero attached hydrogens (tertiary/aromatic N) is 4. The number of likely N-dealkylation sites (tertiary alicyclic amines) is 1. The van der Waals surface area contributed by atoms with Crippen LogP contribution < -0.4 is 0 Å². The molecule has 4 nitrogen and oxygen atoms in total. The second kappa shape index (κ2) is 4.06. The molecule has 3 rings (SSSR count). The topological polar surface area (TPSA) is 52.0 Å². The molecule has 1 saturated carbocycles. The Morgan fingerprint density at radius 1 is 1.35 bits per heavy atom. The van der Waals surface area contributed by atoms with E-state index in [4.69, 9.17) is 5.53 Å². The van der Waals surface area contributed by atoms with Gasteiger partial charge in [0, 0.05) is 24.5 Å². The SMILES string of the molecule is [N-]=[N+]=NC1CN(Cc2ccccc2)CC12CC2. The molecule has 0 bridgehead atoms. The van der Waals surface area contributed by atoms with Gasteiger partial charge in [-0.15, -0.1) is 0 Å². The van der Waals surface area contributed by atoms with Gasteiger partial charge in [-0.05, 0) is 29.4 Å². The lowest BCUT2D eigenvalue weighted by Crippen LogP contribution is -2.20. The van der Waals surface area contributed by atoms with E-state index >= 15 is 0 Å². The number of azide groups is 1. The predicted molar refractivity (Wildman–Crippen MR) is 66.3 cm³/mol. The van der Waals surface area contributed by atoms with Gasteiger partial charge in [0.25, 0.3) is 0 Å². The molecule has 1 atom stereocenters. The molecular formula is C13H16N4. The Morgan fingerprint density at radius 3 is 2.76 bits per heavy atom. The first kappa shape index (κ1) is 10.6. The number of benzene rings is 1. The molecule has 88 valence electrons. The Labute approximate surface area is 101 Å². The highest BCUT2D eigenvalue weighted by atomic mass is 15.3. The quantitative estimate of drug-likeness (QED) is 0.446. The Bertz CT molecular complexity index is 446. The standard InChI is InChI=1S/C13H16N4/c14-16-15-12-9-17(10-13(12)6-7-13)8-11-4-2-1-3-5-11/h1-5,12H,6-10H2. The molecule has 1 spiro atoms. The third kappa shape index (κ3) is 2.02. The smallest absolute Gasteiger partial charge is 0.0569 e. The summed E-state index contributed by atoms with van der Waals surface area (Å²) in [4.78, 5) is 5.41. The van der Waals surface area contributed by atoms with Gasteiger partial charge >= 0.3 is 0 Å². The lowest BCUT2D eigenvalue weighted by Gasteiger charge is -2.15. The van der Waals surface area contributed by atoms with E-state index in [0.29, 0.717) is 5.41 Å². The third-order valence-corrected chi connectivity index (χ3v) is 4.01. The molecule has 1 aliphatic carbocycles. The van der Waals surface area contributed by atoms with E-state index in [1.54, 1.807) is 0 Å². The van der Waals surface area contributed by atoms with Crippen molar-refractivity contribution in [2.75, 3.05) is 13.1 Å². The summed E-state index contributed by atoms with van der Waals surface area (Å²) in [6.07, 6.45) is 2.45. The lowest BCUT2D eigenvalue weighted by atomic mass is 10.0. The Morgan fingerprint density at radius 2 is 2.12 bits per heavy atom. The fourth-order valence-electron chi connectivity index (χ4n) is 2.89. The number of hydrogen-bond acceptors (Lipinski definition) is 2. The maximum atomic E-state index is 8.60. The molecule has 1 unspecified atom stereocenters. The molecular weight excluding hydrogens is 212 g/mol. The van der Waals surface area contributed by atoms with E-state index in [1.807, 2.05) is 6.07 Å². The zero-order chi connectivity index (χ0) is 11.7. The van der Waals surface area contributed by atoms with Crippen LogP contribution in [0.15, 0.2) is 35.4 Å². The van der Waals surface area contributed by atoms with E-state index in [9.17, 15) is 0 Å². The van der Waals surface area contributed by atoms with Crippen molar-refractivity contribution in [1.29, 1.82) is 0 Å². The maximum absolute atomic E-state index is 8.60. The number of rotatable bonds is 3. The summed E-state index contributed by atoms with van der Waals surface area (Å²) < 4.78 is 0. The van der Waals surface area contributed by atoms with Crippen molar-refractivity contribution in [2.45, 2.75) is 25.4 Å². The molecule has 0 N–H and O–H groups in total. The number of hydrogen-bond donors (Lipinski definition) is 0. The highest BCUT2D eigenvalue weighted by Crippen LogP contribution is 2.54. The van der Waals surface area contributed by atoms with Crippen molar-refractivity contribution in [3.05, 3.63) is 46.3 Å². The molecule has 17 heavy (non-hydrogen) atoms. The average Bonchev–Trinajstić information content (AvgIpc) is 3.02. The van der Waals surface area contributed by atoms with Gasteiger partial charge in [-0.2, -0.15) is 0 Å². The van der Waals surface area contributed by atoms with Gasteiger partial charge in [0.05, 0.1) is 6.04 Å². The summed E-state index contributed by atoms with van der Waals surface area (Å²) in [7, 11) is 0. The van der Waals surface area contributed by atoms with Gasteiger partial charge in [0.15, 0.2) is 0 Å². The van der Waals surface area contributed by atoms with Crippen LogP contribution in [0.4, 0.5) is 0 Å². The largest absolute Gasteiger partial charge is 0.298 e. The molecule has 0 amide bonds. The molecule has 1 aromatic rings. The minimum Gasteiger partial charge on any atom is -0.298 e. The van der Waals surface area contributed by atoms with Crippen molar-refractivity contribution < 1.29 is 0 Å². The van der Waals surface area contributed by atoms with Crippen LogP contribution in [0.5, 0.6) is 0 Å². The fraction of sp³-hybridized carbons (Fsp3) is 0.538. The summed E-state index contributed by atoms with van der Waals surface area (Å²) in [5.74, 6) is 0. The van der Waals surface area contributed by atoms with Crippen LogP contribution in [0.1, 0.15) is 18.4 Å². The summed E-state index contributed by atoms with van der Waals surface area (Å²) in [6, 6.07) is 10.7. The summed E-state index contributed by atoms with van der Waals surface area (Å²) in [6.45, 7) is 2.98. The molecule has 1 saturated heterocycles. The zero-order valence-corrected chi connectivity index (χ0v) is 9.79. The highest BCUT2D eigenvalue weighted by molar-refractivity contribution is 5.16. The van der Waals surface area contributed by atoms with Crippen molar-refractivity contribution >= 4 is 0 Å². The van der Waals surface area contributed by atoms with Gasteiger partial charge in [0.2, 0.25) is 0 Å². The van der Waals surface area contributed by atoms with Crippen LogP contribution in [0.25, 0.3) is 10.4 Å². The van der Waals surface area contributed by atoms with Gasteiger partial charge < -0.3 is 0 Å². The van der Waals surface area contributed by atoms with Crippen LogP contribution in [-0.4, -0.2) is 24.0 Å². The van der Waals surface area contributed by atoms with E-state index in [1.165, 1.54) is 18.4 Å². The van der Waals surface area contributed by atoms with Crippen LogP contribution in [0, 0.1) is 5.41 Å². The first-order valence-electron chi connectivity index (χ1n) is 6.13. The van der Waals surface area contributed by atoms with Crippen molar-refractivity contribution in [3.63, 3.8) is 0 Å². The van der Waals surface area contributed by atoms with Gasteiger partial charge in [-0.1, -0.05) is 35.4 Å². The highest BCUT2D eigenvalue weighted by Gasteiger charge is 2.54. The molecule has 0 radical (unpaired) electrons. The maximum Gasteiger partial charge on any atom is 0.0569 e. The van der Waals surface area contributed by atoms with E-state index in [2.05, 4.69) is 39.2 Å². The molecule has 1 aromatic carbocycles. The van der Waals surface area contributed by atoms with Crippen molar-refractivity contribution in [1.82, 2.24) is 4.90 Å². The van der Waals surface area contributed by atoms with Crippen LogP contribution in [0.2, 0.25) is 0 Å². The minimum atomic E-state index is 0.191. The predicted octanol–water partition coefficient (Wildman–Crippen LogP) is 2.96. The van der Waals surface area contributed by atoms with Gasteiger partial charge in [0.1, 0.15) is 0 Å². The normalized spacial score (nSPS) is 25.8. The minimum absolute atomic E-state index is 0.191. The molecule has 4 heteroatoms. The summed E-state index contributed by atoms with van der Waals surface area (Å²) in [5.41, 5.74) is 10.3. The van der Waals surface area contributed by atoms with Crippen LogP contribution >= 0.6 is 0 Å². The summed E-state index contributed by atoms with van der Waals surface area (Å²) in [5, 5.41) is 3.97.